The lowest BCUT2D eigenvalue weighted by molar-refractivity contribution is 0.178. The molecule has 0 fully saturated rings. The lowest BCUT2D eigenvalue weighted by atomic mass is 10.0. The van der Waals surface area contributed by atoms with Crippen molar-refractivity contribution in [1.82, 2.24) is 4.98 Å². The van der Waals surface area contributed by atoms with Crippen molar-refractivity contribution in [3.8, 4) is 0 Å². The molecule has 0 radical (unpaired) electrons. The highest BCUT2D eigenvalue weighted by Crippen LogP contribution is 2.27. The molecular formula is C17H13Cl2NO. The van der Waals surface area contributed by atoms with Gasteiger partial charge in [0.1, 0.15) is 0 Å². The zero-order valence-electron chi connectivity index (χ0n) is 11.1. The maximum Gasteiger partial charge on any atom is 0.0845 e. The molecule has 3 aromatic rings. The molecule has 0 saturated carbocycles. The number of aromatic nitrogens is 1. The van der Waals surface area contributed by atoms with Crippen LogP contribution >= 0.6 is 23.2 Å². The summed E-state index contributed by atoms with van der Waals surface area (Å²) >= 11 is 12.0. The van der Waals surface area contributed by atoms with Gasteiger partial charge in [-0.2, -0.15) is 0 Å². The zero-order valence-corrected chi connectivity index (χ0v) is 12.6. The van der Waals surface area contributed by atoms with Gasteiger partial charge in [-0.05, 0) is 35.4 Å². The molecule has 1 unspecified atom stereocenters. The highest BCUT2D eigenvalue weighted by molar-refractivity contribution is 6.35. The van der Waals surface area contributed by atoms with Gasteiger partial charge in [0.2, 0.25) is 0 Å². The smallest absolute Gasteiger partial charge is 0.0845 e. The Balaban J connectivity index is 1.87. The average Bonchev–Trinajstić information content (AvgIpc) is 2.49. The van der Waals surface area contributed by atoms with Crippen molar-refractivity contribution in [3.05, 3.63) is 75.9 Å². The predicted molar refractivity (Wildman–Crippen MR) is 86.9 cm³/mol. The number of para-hydroxylation sites is 1. The third-order valence-corrected chi connectivity index (χ3v) is 4.01. The highest BCUT2D eigenvalue weighted by Gasteiger charge is 2.12. The minimum absolute atomic E-state index is 0.427. The molecule has 0 aliphatic rings. The van der Waals surface area contributed by atoms with Crippen LogP contribution in [0.1, 0.15) is 17.2 Å². The van der Waals surface area contributed by atoms with Crippen LogP contribution in [-0.4, -0.2) is 10.1 Å². The van der Waals surface area contributed by atoms with Crippen LogP contribution in [-0.2, 0) is 6.42 Å². The van der Waals surface area contributed by atoms with Crippen molar-refractivity contribution in [1.29, 1.82) is 0 Å². The highest BCUT2D eigenvalue weighted by atomic mass is 35.5. The summed E-state index contributed by atoms with van der Waals surface area (Å²) in [5, 5.41) is 12.6. The first kappa shape index (κ1) is 14.3. The summed E-state index contributed by atoms with van der Waals surface area (Å²) in [6.07, 6.45) is 1.48. The molecule has 4 heteroatoms. The van der Waals surface area contributed by atoms with Crippen LogP contribution in [0, 0.1) is 0 Å². The molecule has 106 valence electrons. The Kier molecular flexibility index (Phi) is 4.11. The number of nitrogens with zero attached hydrogens (tertiary/aromatic N) is 1. The number of hydrogen-bond donors (Lipinski definition) is 1. The molecule has 0 spiro atoms. The van der Waals surface area contributed by atoms with Crippen molar-refractivity contribution in [2.75, 3.05) is 0 Å². The van der Waals surface area contributed by atoms with E-state index >= 15 is 0 Å². The van der Waals surface area contributed by atoms with E-state index in [0.717, 1.165) is 22.0 Å². The van der Waals surface area contributed by atoms with Crippen LogP contribution in [0.4, 0.5) is 0 Å². The van der Waals surface area contributed by atoms with Gasteiger partial charge in [0.25, 0.3) is 0 Å². The standard InChI is InChI=1S/C17H13Cl2NO/c18-14-6-5-11(15(19)9-14)8-17(21)13-7-12-3-1-2-4-16(12)20-10-13/h1-7,9-10,17,21H,8H2. The summed E-state index contributed by atoms with van der Waals surface area (Å²) in [4.78, 5) is 4.37. The Bertz CT molecular complexity index is 789. The summed E-state index contributed by atoms with van der Waals surface area (Å²) in [5.74, 6) is 0. The van der Waals surface area contributed by atoms with Gasteiger partial charge < -0.3 is 5.11 Å². The zero-order chi connectivity index (χ0) is 14.8. The van der Waals surface area contributed by atoms with Gasteiger partial charge in [0.05, 0.1) is 11.6 Å². The molecule has 1 N–H and O–H groups in total. The average molecular weight is 318 g/mol. The number of fused-ring (bicyclic) bond motifs is 1. The lowest BCUT2D eigenvalue weighted by Gasteiger charge is -2.13. The van der Waals surface area contributed by atoms with E-state index in [1.165, 1.54) is 0 Å². The van der Waals surface area contributed by atoms with Crippen LogP contribution in [0.15, 0.2) is 54.7 Å². The van der Waals surface area contributed by atoms with Gasteiger partial charge >= 0.3 is 0 Å². The van der Waals surface area contributed by atoms with Crippen LogP contribution in [0.2, 0.25) is 10.0 Å². The van der Waals surface area contributed by atoms with Crippen molar-refractivity contribution < 1.29 is 5.11 Å². The van der Waals surface area contributed by atoms with E-state index in [1.54, 1.807) is 18.3 Å². The number of halogens is 2. The summed E-state index contributed by atoms with van der Waals surface area (Å²) < 4.78 is 0. The molecule has 21 heavy (non-hydrogen) atoms. The molecular weight excluding hydrogens is 305 g/mol. The Morgan fingerprint density at radius 2 is 1.86 bits per heavy atom. The number of pyridine rings is 1. The molecule has 0 saturated heterocycles. The summed E-state index contributed by atoms with van der Waals surface area (Å²) in [6, 6.07) is 15.1. The lowest BCUT2D eigenvalue weighted by Crippen LogP contribution is -2.03. The second kappa shape index (κ2) is 6.02. The second-order valence-electron chi connectivity index (χ2n) is 4.92. The van der Waals surface area contributed by atoms with Crippen LogP contribution in [0.25, 0.3) is 10.9 Å². The van der Waals surface area contributed by atoms with Crippen LogP contribution in [0.3, 0.4) is 0 Å². The van der Waals surface area contributed by atoms with E-state index in [9.17, 15) is 5.11 Å². The molecule has 3 rings (SSSR count). The molecule has 1 aromatic heterocycles. The maximum absolute atomic E-state index is 10.4. The van der Waals surface area contributed by atoms with Gasteiger partial charge in [-0.15, -0.1) is 0 Å². The molecule has 0 amide bonds. The fraction of sp³-hybridized carbons (Fsp3) is 0.118. The summed E-state index contributed by atoms with van der Waals surface area (Å²) in [6.45, 7) is 0. The Labute approximate surface area is 133 Å². The van der Waals surface area contributed by atoms with Gasteiger partial charge in [-0.3, -0.25) is 4.98 Å². The fourth-order valence-electron chi connectivity index (χ4n) is 2.28. The minimum atomic E-state index is -0.652. The summed E-state index contributed by atoms with van der Waals surface area (Å²) in [5.41, 5.74) is 2.56. The normalized spacial score (nSPS) is 12.5. The van der Waals surface area contributed by atoms with Crippen molar-refractivity contribution in [2.45, 2.75) is 12.5 Å². The van der Waals surface area contributed by atoms with E-state index in [4.69, 9.17) is 23.2 Å². The first-order valence-electron chi connectivity index (χ1n) is 6.60. The Morgan fingerprint density at radius 3 is 2.67 bits per heavy atom. The van der Waals surface area contributed by atoms with Gasteiger partial charge in [0, 0.05) is 28.0 Å². The molecule has 1 heterocycles. The van der Waals surface area contributed by atoms with Crippen molar-refractivity contribution in [2.24, 2.45) is 0 Å². The van der Waals surface area contributed by atoms with E-state index in [1.807, 2.05) is 36.4 Å². The molecule has 2 aromatic carbocycles. The number of rotatable bonds is 3. The van der Waals surface area contributed by atoms with Crippen molar-refractivity contribution >= 4 is 34.1 Å². The Hall–Kier alpha value is -1.61. The molecule has 0 bridgehead atoms. The molecule has 2 nitrogen and oxygen atoms in total. The third kappa shape index (κ3) is 3.18. The van der Waals surface area contributed by atoms with E-state index in [0.29, 0.717) is 16.5 Å². The van der Waals surface area contributed by atoms with Gasteiger partial charge in [-0.25, -0.2) is 0 Å². The number of benzene rings is 2. The largest absolute Gasteiger partial charge is 0.388 e. The Morgan fingerprint density at radius 1 is 1.05 bits per heavy atom. The van der Waals surface area contributed by atoms with Crippen LogP contribution < -0.4 is 0 Å². The quantitative estimate of drug-likeness (QED) is 0.751. The fourth-order valence-corrected chi connectivity index (χ4v) is 2.77. The van der Waals surface area contributed by atoms with E-state index in [-0.39, 0.29) is 0 Å². The van der Waals surface area contributed by atoms with E-state index in [2.05, 4.69) is 4.98 Å². The molecule has 1 atom stereocenters. The minimum Gasteiger partial charge on any atom is -0.388 e. The predicted octanol–water partition coefficient (Wildman–Crippen LogP) is 4.82. The second-order valence-corrected chi connectivity index (χ2v) is 5.76. The van der Waals surface area contributed by atoms with Crippen molar-refractivity contribution in [3.63, 3.8) is 0 Å². The summed E-state index contributed by atoms with van der Waals surface area (Å²) in [7, 11) is 0. The van der Waals surface area contributed by atoms with Crippen LogP contribution in [0.5, 0.6) is 0 Å². The first-order valence-corrected chi connectivity index (χ1v) is 7.36. The molecule has 0 aliphatic heterocycles. The van der Waals surface area contributed by atoms with Gasteiger partial charge in [-0.1, -0.05) is 47.5 Å². The third-order valence-electron chi connectivity index (χ3n) is 3.42. The van der Waals surface area contributed by atoms with E-state index < -0.39 is 6.10 Å². The van der Waals surface area contributed by atoms with Gasteiger partial charge in [0.15, 0.2) is 0 Å². The maximum atomic E-state index is 10.4. The monoisotopic (exact) mass is 317 g/mol. The molecule has 0 aliphatic carbocycles. The number of aliphatic hydroxyl groups is 1. The number of hydrogen-bond acceptors (Lipinski definition) is 2. The topological polar surface area (TPSA) is 33.1 Å². The first-order chi connectivity index (χ1) is 10.1. The number of aliphatic hydroxyl groups excluding tert-OH is 1. The SMILES string of the molecule is OC(Cc1ccc(Cl)cc1Cl)c1cnc2ccccc2c1.